The summed E-state index contributed by atoms with van der Waals surface area (Å²) < 4.78 is 1.17. The standard InChI is InChI=1S/C18H18INO2/c19-15-8-6-14(7-9-15)16-11-20(12-17(16)18(21)22)10-13-4-2-1-3-5-13/h1-9,16-17H,10-12H2,(H,21,22)/t16-,17+/m1/s1. The summed E-state index contributed by atoms with van der Waals surface area (Å²) in [4.78, 5) is 13.9. The topological polar surface area (TPSA) is 40.5 Å². The van der Waals surface area contributed by atoms with Gasteiger partial charge in [-0.25, -0.2) is 0 Å². The molecule has 0 saturated carbocycles. The number of aliphatic carboxylic acids is 1. The van der Waals surface area contributed by atoms with E-state index < -0.39 is 5.97 Å². The van der Waals surface area contributed by atoms with Crippen LogP contribution in [-0.4, -0.2) is 29.1 Å². The van der Waals surface area contributed by atoms with Crippen LogP contribution in [0.1, 0.15) is 17.0 Å². The fraction of sp³-hybridized carbons (Fsp3) is 0.278. The van der Waals surface area contributed by atoms with Gasteiger partial charge < -0.3 is 5.11 Å². The normalized spacial score (nSPS) is 21.9. The second-order valence-corrected chi connectivity index (χ2v) is 7.03. The Balaban J connectivity index is 1.77. The quantitative estimate of drug-likeness (QED) is 0.788. The predicted octanol–water partition coefficient (Wildman–Crippen LogP) is 3.59. The van der Waals surface area contributed by atoms with Crippen LogP contribution in [0, 0.1) is 9.49 Å². The zero-order valence-electron chi connectivity index (χ0n) is 12.2. The van der Waals surface area contributed by atoms with Crippen molar-refractivity contribution in [3.63, 3.8) is 0 Å². The van der Waals surface area contributed by atoms with Gasteiger partial charge in [0, 0.05) is 29.1 Å². The number of benzene rings is 2. The lowest BCUT2D eigenvalue weighted by Gasteiger charge is -2.16. The van der Waals surface area contributed by atoms with Crippen molar-refractivity contribution >= 4 is 28.6 Å². The van der Waals surface area contributed by atoms with Crippen molar-refractivity contribution in [2.75, 3.05) is 13.1 Å². The van der Waals surface area contributed by atoms with Crippen LogP contribution < -0.4 is 0 Å². The molecule has 1 fully saturated rings. The second kappa shape index (κ2) is 6.79. The van der Waals surface area contributed by atoms with Crippen LogP contribution in [0.4, 0.5) is 0 Å². The third kappa shape index (κ3) is 3.50. The molecule has 0 amide bonds. The van der Waals surface area contributed by atoms with Crippen molar-refractivity contribution in [3.05, 3.63) is 69.3 Å². The lowest BCUT2D eigenvalue weighted by molar-refractivity contribution is -0.141. The number of rotatable bonds is 4. The van der Waals surface area contributed by atoms with E-state index in [0.29, 0.717) is 6.54 Å². The number of hydrogen-bond acceptors (Lipinski definition) is 2. The number of halogens is 1. The van der Waals surface area contributed by atoms with Gasteiger partial charge in [0.15, 0.2) is 0 Å². The van der Waals surface area contributed by atoms with E-state index in [4.69, 9.17) is 0 Å². The van der Waals surface area contributed by atoms with Gasteiger partial charge >= 0.3 is 5.97 Å². The van der Waals surface area contributed by atoms with Gasteiger partial charge in [0.1, 0.15) is 0 Å². The van der Waals surface area contributed by atoms with Crippen LogP contribution in [-0.2, 0) is 11.3 Å². The van der Waals surface area contributed by atoms with E-state index >= 15 is 0 Å². The van der Waals surface area contributed by atoms with Crippen molar-refractivity contribution in [3.8, 4) is 0 Å². The van der Waals surface area contributed by atoms with Gasteiger partial charge in [0.25, 0.3) is 0 Å². The van der Waals surface area contributed by atoms with Crippen molar-refractivity contribution in [2.24, 2.45) is 5.92 Å². The third-order valence-electron chi connectivity index (χ3n) is 4.26. The number of carboxylic acids is 1. The van der Waals surface area contributed by atoms with E-state index in [1.807, 2.05) is 18.2 Å². The average Bonchev–Trinajstić information content (AvgIpc) is 2.93. The molecule has 0 spiro atoms. The highest BCUT2D eigenvalue weighted by atomic mass is 127. The molecule has 114 valence electrons. The van der Waals surface area contributed by atoms with Crippen molar-refractivity contribution < 1.29 is 9.90 Å². The Hall–Kier alpha value is -1.40. The highest BCUT2D eigenvalue weighted by Gasteiger charge is 2.38. The Kier molecular flexibility index (Phi) is 4.78. The molecule has 22 heavy (non-hydrogen) atoms. The summed E-state index contributed by atoms with van der Waals surface area (Å²) in [5.41, 5.74) is 2.36. The molecule has 0 bridgehead atoms. The average molecular weight is 407 g/mol. The Bertz CT molecular complexity index is 642. The first-order valence-electron chi connectivity index (χ1n) is 7.38. The molecule has 1 heterocycles. The molecule has 1 aliphatic heterocycles. The minimum atomic E-state index is -0.695. The van der Waals surface area contributed by atoms with Gasteiger partial charge in [-0.3, -0.25) is 9.69 Å². The third-order valence-corrected chi connectivity index (χ3v) is 4.98. The molecule has 3 rings (SSSR count). The van der Waals surface area contributed by atoms with Gasteiger partial charge in [-0.2, -0.15) is 0 Å². The Labute approximate surface area is 144 Å². The van der Waals surface area contributed by atoms with E-state index in [2.05, 4.69) is 63.9 Å². The van der Waals surface area contributed by atoms with Crippen molar-refractivity contribution in [1.82, 2.24) is 4.90 Å². The number of carbonyl (C=O) groups is 1. The van der Waals surface area contributed by atoms with E-state index in [1.165, 1.54) is 9.13 Å². The fourth-order valence-corrected chi connectivity index (χ4v) is 3.51. The summed E-state index contributed by atoms with van der Waals surface area (Å²) in [5.74, 6) is -0.957. The molecule has 1 N–H and O–H groups in total. The minimum absolute atomic E-state index is 0.0678. The summed E-state index contributed by atoms with van der Waals surface area (Å²) in [7, 11) is 0. The summed E-state index contributed by atoms with van der Waals surface area (Å²) in [5, 5.41) is 9.56. The zero-order chi connectivity index (χ0) is 15.5. The molecule has 0 unspecified atom stereocenters. The number of carboxylic acid groups (broad SMARTS) is 1. The van der Waals surface area contributed by atoms with E-state index in [9.17, 15) is 9.90 Å². The van der Waals surface area contributed by atoms with Gasteiger partial charge in [-0.05, 0) is 45.9 Å². The molecule has 4 heteroatoms. The molecule has 1 aliphatic rings. The monoisotopic (exact) mass is 407 g/mol. The Morgan fingerprint density at radius 3 is 2.41 bits per heavy atom. The van der Waals surface area contributed by atoms with E-state index in [-0.39, 0.29) is 11.8 Å². The van der Waals surface area contributed by atoms with Crippen molar-refractivity contribution in [2.45, 2.75) is 12.5 Å². The first kappa shape index (κ1) is 15.5. The summed E-state index contributed by atoms with van der Waals surface area (Å²) >= 11 is 2.27. The van der Waals surface area contributed by atoms with Crippen LogP contribution in [0.2, 0.25) is 0 Å². The molecule has 3 nitrogen and oxygen atoms in total. The van der Waals surface area contributed by atoms with Crippen LogP contribution in [0.15, 0.2) is 54.6 Å². The first-order valence-corrected chi connectivity index (χ1v) is 8.46. The predicted molar refractivity (Wildman–Crippen MR) is 94.7 cm³/mol. The minimum Gasteiger partial charge on any atom is -0.481 e. The van der Waals surface area contributed by atoms with E-state index in [1.54, 1.807) is 0 Å². The Morgan fingerprint density at radius 1 is 1.09 bits per heavy atom. The molecule has 0 aliphatic carbocycles. The molecule has 2 aromatic carbocycles. The van der Waals surface area contributed by atoms with Gasteiger partial charge in [0.2, 0.25) is 0 Å². The number of nitrogens with zero attached hydrogens (tertiary/aromatic N) is 1. The van der Waals surface area contributed by atoms with Gasteiger partial charge in [0.05, 0.1) is 5.92 Å². The van der Waals surface area contributed by atoms with E-state index in [0.717, 1.165) is 18.7 Å². The Morgan fingerprint density at radius 2 is 1.77 bits per heavy atom. The summed E-state index contributed by atoms with van der Waals surface area (Å²) in [6.45, 7) is 2.22. The van der Waals surface area contributed by atoms with Crippen LogP contribution >= 0.6 is 22.6 Å². The summed E-state index contributed by atoms with van der Waals surface area (Å²) in [6, 6.07) is 18.5. The lowest BCUT2D eigenvalue weighted by atomic mass is 9.89. The molecule has 0 aromatic heterocycles. The molecule has 1 saturated heterocycles. The highest BCUT2D eigenvalue weighted by Crippen LogP contribution is 2.34. The summed E-state index contributed by atoms with van der Waals surface area (Å²) in [6.07, 6.45) is 0. The molecule has 2 aromatic rings. The maximum absolute atomic E-state index is 11.6. The number of hydrogen-bond donors (Lipinski definition) is 1. The van der Waals surface area contributed by atoms with Crippen LogP contribution in [0.3, 0.4) is 0 Å². The first-order chi connectivity index (χ1) is 10.6. The molecule has 2 atom stereocenters. The second-order valence-electron chi connectivity index (χ2n) is 5.78. The van der Waals surface area contributed by atoms with Crippen LogP contribution in [0.5, 0.6) is 0 Å². The SMILES string of the molecule is O=C(O)[C@H]1CN(Cc2ccccc2)C[C@@H]1c1ccc(I)cc1. The smallest absolute Gasteiger partial charge is 0.308 e. The molecular formula is C18H18INO2. The molecular weight excluding hydrogens is 389 g/mol. The van der Waals surface area contributed by atoms with Gasteiger partial charge in [-0.1, -0.05) is 42.5 Å². The van der Waals surface area contributed by atoms with Crippen molar-refractivity contribution in [1.29, 1.82) is 0 Å². The highest BCUT2D eigenvalue weighted by molar-refractivity contribution is 14.1. The maximum atomic E-state index is 11.6. The number of likely N-dealkylation sites (tertiary alicyclic amines) is 1. The zero-order valence-corrected chi connectivity index (χ0v) is 14.3. The lowest BCUT2D eigenvalue weighted by Crippen LogP contribution is -2.23. The van der Waals surface area contributed by atoms with Gasteiger partial charge in [-0.15, -0.1) is 0 Å². The molecule has 0 radical (unpaired) electrons. The fourth-order valence-electron chi connectivity index (χ4n) is 3.15. The maximum Gasteiger partial charge on any atom is 0.308 e. The van der Waals surface area contributed by atoms with Crippen LogP contribution in [0.25, 0.3) is 0 Å². The largest absolute Gasteiger partial charge is 0.481 e.